The topological polar surface area (TPSA) is 34.1 Å². The summed E-state index contributed by atoms with van der Waals surface area (Å²) in [5.74, 6) is 0.860. The smallest absolute Gasteiger partial charge is 0.219 e. The highest BCUT2D eigenvalue weighted by Gasteiger charge is 2.02. The van der Waals surface area contributed by atoms with Crippen molar-refractivity contribution in [2.24, 2.45) is 0 Å². The molecule has 0 unspecified atom stereocenters. The molecule has 3 nitrogen and oxygen atoms in total. The Bertz CT molecular complexity index is 540. The largest absolute Gasteiger partial charge is 0.439 e. The lowest BCUT2D eigenvalue weighted by atomic mass is 10.2. The molecule has 2 aromatic rings. The van der Waals surface area contributed by atoms with E-state index in [4.69, 9.17) is 4.74 Å². The summed E-state index contributed by atoms with van der Waals surface area (Å²) in [6.07, 6.45) is 1.77. The van der Waals surface area contributed by atoms with Gasteiger partial charge in [-0.1, -0.05) is 13.0 Å². The van der Waals surface area contributed by atoms with Crippen LogP contribution in [0.2, 0.25) is 0 Å². The van der Waals surface area contributed by atoms with Gasteiger partial charge in [-0.3, -0.25) is 0 Å². The molecule has 2 rings (SSSR count). The molecule has 4 heteroatoms. The number of rotatable bonds is 5. The number of benzene rings is 1. The minimum Gasteiger partial charge on any atom is -0.439 e. The molecule has 0 fully saturated rings. The van der Waals surface area contributed by atoms with Crippen LogP contribution in [0, 0.1) is 12.7 Å². The van der Waals surface area contributed by atoms with Crippen molar-refractivity contribution in [3.05, 3.63) is 53.5 Å². The van der Waals surface area contributed by atoms with Gasteiger partial charge in [0.25, 0.3) is 0 Å². The number of ether oxygens (including phenoxy) is 1. The third-order valence-electron chi connectivity index (χ3n) is 2.73. The predicted octanol–water partition coefficient (Wildman–Crippen LogP) is 3.43. The van der Waals surface area contributed by atoms with E-state index in [0.29, 0.717) is 17.2 Å². The van der Waals surface area contributed by atoms with E-state index in [1.807, 2.05) is 12.1 Å². The van der Waals surface area contributed by atoms with E-state index in [0.717, 1.165) is 18.7 Å². The van der Waals surface area contributed by atoms with Gasteiger partial charge in [-0.2, -0.15) is 0 Å². The molecule has 0 aliphatic heterocycles. The number of aryl methyl sites for hydroxylation is 1. The second-order valence-corrected chi connectivity index (χ2v) is 4.30. The van der Waals surface area contributed by atoms with Crippen LogP contribution in [0.25, 0.3) is 0 Å². The number of halogens is 1. The third kappa shape index (κ3) is 3.76. The molecule has 0 aliphatic rings. The van der Waals surface area contributed by atoms with E-state index in [1.54, 1.807) is 25.3 Å². The highest BCUT2D eigenvalue weighted by Crippen LogP contribution is 2.21. The Morgan fingerprint density at radius 2 is 2.11 bits per heavy atom. The Morgan fingerprint density at radius 1 is 1.26 bits per heavy atom. The molecule has 1 aromatic heterocycles. The SMILES string of the molecule is CCNCc1ccc(Oc2ccc(F)c(C)c2)nc1. The van der Waals surface area contributed by atoms with Crippen molar-refractivity contribution in [1.82, 2.24) is 10.3 Å². The van der Waals surface area contributed by atoms with E-state index in [9.17, 15) is 4.39 Å². The van der Waals surface area contributed by atoms with Crippen molar-refractivity contribution in [3.8, 4) is 11.6 Å². The van der Waals surface area contributed by atoms with E-state index in [-0.39, 0.29) is 5.82 Å². The third-order valence-corrected chi connectivity index (χ3v) is 2.73. The first-order chi connectivity index (χ1) is 9.19. The summed E-state index contributed by atoms with van der Waals surface area (Å²) >= 11 is 0. The summed E-state index contributed by atoms with van der Waals surface area (Å²) in [6.45, 7) is 5.48. The van der Waals surface area contributed by atoms with Gasteiger partial charge in [-0.25, -0.2) is 9.37 Å². The number of hydrogen-bond donors (Lipinski definition) is 1. The molecule has 1 N–H and O–H groups in total. The quantitative estimate of drug-likeness (QED) is 0.894. The fraction of sp³-hybridized carbons (Fsp3) is 0.267. The normalized spacial score (nSPS) is 10.5. The zero-order valence-corrected chi connectivity index (χ0v) is 11.1. The highest BCUT2D eigenvalue weighted by molar-refractivity contribution is 5.32. The summed E-state index contributed by atoms with van der Waals surface area (Å²) in [5.41, 5.74) is 1.66. The molecule has 0 saturated heterocycles. The Hall–Kier alpha value is -1.94. The van der Waals surface area contributed by atoms with Crippen molar-refractivity contribution in [3.63, 3.8) is 0 Å². The summed E-state index contributed by atoms with van der Waals surface area (Å²) in [5, 5.41) is 3.22. The van der Waals surface area contributed by atoms with Crippen molar-refractivity contribution in [2.45, 2.75) is 20.4 Å². The van der Waals surface area contributed by atoms with Gasteiger partial charge >= 0.3 is 0 Å². The average molecular weight is 260 g/mol. The molecular weight excluding hydrogens is 243 g/mol. The first-order valence-corrected chi connectivity index (χ1v) is 6.28. The monoisotopic (exact) mass is 260 g/mol. The first kappa shape index (κ1) is 13.5. The molecular formula is C15H17FN2O. The van der Waals surface area contributed by atoms with Crippen molar-refractivity contribution >= 4 is 0 Å². The van der Waals surface area contributed by atoms with Crippen LogP contribution < -0.4 is 10.1 Å². The van der Waals surface area contributed by atoms with Crippen LogP contribution in [0.4, 0.5) is 4.39 Å². The Morgan fingerprint density at radius 3 is 2.74 bits per heavy atom. The Balaban J connectivity index is 2.04. The van der Waals surface area contributed by atoms with Gasteiger partial charge in [-0.05, 0) is 42.8 Å². The van der Waals surface area contributed by atoms with Crippen LogP contribution in [0.15, 0.2) is 36.5 Å². The fourth-order valence-electron chi connectivity index (χ4n) is 1.65. The molecule has 0 spiro atoms. The minimum atomic E-state index is -0.235. The molecule has 19 heavy (non-hydrogen) atoms. The second kappa shape index (κ2) is 6.29. The van der Waals surface area contributed by atoms with Crippen molar-refractivity contribution in [1.29, 1.82) is 0 Å². The Labute approximate surface area is 112 Å². The standard InChI is InChI=1S/C15H17FN2O/c1-3-17-9-12-4-7-15(18-10-12)19-13-5-6-14(16)11(2)8-13/h4-8,10,17H,3,9H2,1-2H3. The molecule has 0 amide bonds. The van der Waals surface area contributed by atoms with Crippen LogP contribution in [-0.4, -0.2) is 11.5 Å². The highest BCUT2D eigenvalue weighted by atomic mass is 19.1. The van der Waals surface area contributed by atoms with Crippen LogP contribution in [0.1, 0.15) is 18.1 Å². The number of hydrogen-bond acceptors (Lipinski definition) is 3. The maximum atomic E-state index is 13.1. The molecule has 0 bridgehead atoms. The molecule has 1 heterocycles. The molecule has 0 saturated carbocycles. The maximum absolute atomic E-state index is 13.1. The van der Waals surface area contributed by atoms with E-state index in [1.165, 1.54) is 6.07 Å². The maximum Gasteiger partial charge on any atom is 0.219 e. The number of nitrogens with one attached hydrogen (secondary N) is 1. The minimum absolute atomic E-state index is 0.235. The summed E-state index contributed by atoms with van der Waals surface area (Å²) in [6, 6.07) is 8.41. The zero-order chi connectivity index (χ0) is 13.7. The molecule has 0 aliphatic carbocycles. The lowest BCUT2D eigenvalue weighted by Gasteiger charge is -2.07. The predicted molar refractivity (Wildman–Crippen MR) is 72.8 cm³/mol. The second-order valence-electron chi connectivity index (χ2n) is 4.30. The fourth-order valence-corrected chi connectivity index (χ4v) is 1.65. The average Bonchev–Trinajstić information content (AvgIpc) is 2.42. The van der Waals surface area contributed by atoms with E-state index in [2.05, 4.69) is 17.2 Å². The van der Waals surface area contributed by atoms with Crippen molar-refractivity contribution < 1.29 is 9.13 Å². The lowest BCUT2D eigenvalue weighted by Crippen LogP contribution is -2.11. The van der Waals surface area contributed by atoms with Crippen LogP contribution in [-0.2, 0) is 6.54 Å². The van der Waals surface area contributed by atoms with Gasteiger partial charge < -0.3 is 10.1 Å². The summed E-state index contributed by atoms with van der Waals surface area (Å²) < 4.78 is 18.7. The van der Waals surface area contributed by atoms with Crippen molar-refractivity contribution in [2.75, 3.05) is 6.54 Å². The van der Waals surface area contributed by atoms with Gasteiger partial charge in [-0.15, -0.1) is 0 Å². The molecule has 0 radical (unpaired) electrons. The van der Waals surface area contributed by atoms with E-state index >= 15 is 0 Å². The van der Waals surface area contributed by atoms with Gasteiger partial charge in [0.1, 0.15) is 11.6 Å². The summed E-state index contributed by atoms with van der Waals surface area (Å²) in [7, 11) is 0. The summed E-state index contributed by atoms with van der Waals surface area (Å²) in [4.78, 5) is 4.22. The van der Waals surface area contributed by atoms with Gasteiger partial charge in [0, 0.05) is 18.8 Å². The first-order valence-electron chi connectivity index (χ1n) is 6.28. The number of nitrogens with zero attached hydrogens (tertiary/aromatic N) is 1. The lowest BCUT2D eigenvalue weighted by molar-refractivity contribution is 0.460. The Kier molecular flexibility index (Phi) is 4.47. The van der Waals surface area contributed by atoms with E-state index < -0.39 is 0 Å². The van der Waals surface area contributed by atoms with Gasteiger partial charge in [0.15, 0.2) is 0 Å². The number of pyridine rings is 1. The zero-order valence-electron chi connectivity index (χ0n) is 11.1. The van der Waals surface area contributed by atoms with Crippen LogP contribution in [0.3, 0.4) is 0 Å². The molecule has 0 atom stereocenters. The molecule has 1 aromatic carbocycles. The van der Waals surface area contributed by atoms with Gasteiger partial charge in [0.2, 0.25) is 5.88 Å². The van der Waals surface area contributed by atoms with Crippen LogP contribution >= 0.6 is 0 Å². The number of aromatic nitrogens is 1. The molecule has 100 valence electrons. The van der Waals surface area contributed by atoms with Gasteiger partial charge in [0.05, 0.1) is 0 Å². The van der Waals surface area contributed by atoms with Crippen LogP contribution in [0.5, 0.6) is 11.6 Å².